The summed E-state index contributed by atoms with van der Waals surface area (Å²) < 4.78 is 8.30. The predicted octanol–water partition coefficient (Wildman–Crippen LogP) is 5.87. The lowest BCUT2D eigenvalue weighted by atomic mass is 10.0. The van der Waals surface area contributed by atoms with Gasteiger partial charge in [0, 0.05) is 36.1 Å². The Labute approximate surface area is 212 Å². The topological polar surface area (TPSA) is 59.4 Å². The number of nitrogens with zero attached hydrogens (tertiary/aromatic N) is 3. The molecular weight excluding hydrogens is 448 g/mol. The van der Waals surface area contributed by atoms with Crippen LogP contribution in [-0.4, -0.2) is 33.2 Å². The second-order valence-corrected chi connectivity index (χ2v) is 9.91. The summed E-state index contributed by atoms with van der Waals surface area (Å²) in [5.74, 6) is 1.41. The van der Waals surface area contributed by atoms with Gasteiger partial charge in [0.05, 0.1) is 24.3 Å². The maximum absolute atomic E-state index is 13.8. The van der Waals surface area contributed by atoms with Gasteiger partial charge in [0.15, 0.2) is 0 Å². The molecule has 3 aromatic carbocycles. The maximum atomic E-state index is 13.8. The van der Waals surface area contributed by atoms with Crippen LogP contribution in [-0.2, 0) is 24.4 Å². The number of fused-ring (bicyclic) bond motifs is 3. The number of rotatable bonds is 5. The Hall–Kier alpha value is -3.80. The first-order chi connectivity index (χ1) is 17.6. The van der Waals surface area contributed by atoms with Gasteiger partial charge in [0.1, 0.15) is 12.4 Å². The zero-order valence-electron chi connectivity index (χ0n) is 21.1. The van der Waals surface area contributed by atoms with Crippen molar-refractivity contribution in [2.75, 3.05) is 11.9 Å². The number of carbonyl (C=O) groups is 1. The van der Waals surface area contributed by atoms with Crippen molar-refractivity contribution in [3.05, 3.63) is 90.1 Å². The Morgan fingerprint density at radius 1 is 1.03 bits per heavy atom. The fraction of sp³-hybridized carbons (Fsp3) is 0.333. The fourth-order valence-corrected chi connectivity index (χ4v) is 4.98. The van der Waals surface area contributed by atoms with Crippen LogP contribution in [0.1, 0.15) is 37.8 Å². The third kappa shape index (κ3) is 5.38. The third-order valence-corrected chi connectivity index (χ3v) is 6.82. The molecule has 1 aliphatic rings. The van der Waals surface area contributed by atoms with Gasteiger partial charge in [0.25, 0.3) is 0 Å². The molecule has 1 N–H and O–H groups in total. The summed E-state index contributed by atoms with van der Waals surface area (Å²) in [4.78, 5) is 15.9. The summed E-state index contributed by atoms with van der Waals surface area (Å²) in [5, 5.41) is 9.19. The number of hydrogen-bond acceptors (Lipinski definition) is 4. The minimum Gasteiger partial charge on any atom is -0.491 e. The van der Waals surface area contributed by atoms with E-state index in [0.29, 0.717) is 38.6 Å². The van der Waals surface area contributed by atoms with Crippen LogP contribution in [0, 0.1) is 5.92 Å². The maximum Gasteiger partial charge on any atom is 0.225 e. The number of ether oxygens (including phenoxy) is 1. The molecule has 0 unspecified atom stereocenters. The van der Waals surface area contributed by atoms with Crippen molar-refractivity contribution in [2.24, 2.45) is 5.92 Å². The van der Waals surface area contributed by atoms with Crippen molar-refractivity contribution in [2.45, 2.75) is 52.4 Å². The highest BCUT2D eigenvalue weighted by Gasteiger charge is 2.27. The molecule has 1 atom stereocenters. The number of nitrogens with one attached hydrogen (secondary N) is 1. The summed E-state index contributed by atoms with van der Waals surface area (Å²) in [6.45, 7) is 6.62. The number of carbonyl (C=O) groups excluding carboxylic acids is 1. The molecular formula is C30H34N4O2. The summed E-state index contributed by atoms with van der Waals surface area (Å²) in [7, 11) is 0. The van der Waals surface area contributed by atoms with Gasteiger partial charge in [-0.3, -0.25) is 9.48 Å². The molecule has 6 heteroatoms. The first-order valence-electron chi connectivity index (χ1n) is 12.8. The van der Waals surface area contributed by atoms with Crippen LogP contribution in [0.15, 0.2) is 79.0 Å². The van der Waals surface area contributed by atoms with Crippen LogP contribution in [0.2, 0.25) is 0 Å². The highest BCUT2D eigenvalue weighted by atomic mass is 16.5. The van der Waals surface area contributed by atoms with Crippen molar-refractivity contribution < 1.29 is 9.53 Å². The number of aromatic nitrogens is 2. The van der Waals surface area contributed by atoms with Crippen molar-refractivity contribution in [3.63, 3.8) is 0 Å². The van der Waals surface area contributed by atoms with E-state index in [1.165, 1.54) is 0 Å². The molecule has 0 bridgehead atoms. The predicted molar refractivity (Wildman–Crippen MR) is 144 cm³/mol. The molecule has 0 saturated heterocycles. The average molecular weight is 483 g/mol. The van der Waals surface area contributed by atoms with Gasteiger partial charge in [-0.25, -0.2) is 0 Å². The van der Waals surface area contributed by atoms with E-state index in [1.807, 2.05) is 64.3 Å². The smallest absolute Gasteiger partial charge is 0.225 e. The molecule has 36 heavy (non-hydrogen) atoms. The van der Waals surface area contributed by atoms with Gasteiger partial charge in [0.2, 0.25) is 5.91 Å². The minimum absolute atomic E-state index is 0.0360. The Bertz CT molecular complexity index is 1330. The number of hydrogen-bond donors (Lipinski definition) is 1. The van der Waals surface area contributed by atoms with Crippen LogP contribution in [0.3, 0.4) is 0 Å². The number of benzene rings is 3. The van der Waals surface area contributed by atoms with Crippen LogP contribution in [0.5, 0.6) is 5.75 Å². The van der Waals surface area contributed by atoms with Crippen molar-refractivity contribution in [3.8, 4) is 5.75 Å². The van der Waals surface area contributed by atoms with E-state index in [0.717, 1.165) is 39.9 Å². The van der Waals surface area contributed by atoms with E-state index in [2.05, 4.69) is 48.5 Å². The highest BCUT2D eigenvalue weighted by molar-refractivity contribution is 5.79. The van der Waals surface area contributed by atoms with Crippen LogP contribution < -0.4 is 10.1 Å². The van der Waals surface area contributed by atoms with Crippen LogP contribution in [0.4, 0.5) is 5.69 Å². The van der Waals surface area contributed by atoms with E-state index >= 15 is 0 Å². The van der Waals surface area contributed by atoms with Crippen molar-refractivity contribution >= 4 is 22.5 Å². The molecule has 0 spiro atoms. The summed E-state index contributed by atoms with van der Waals surface area (Å²) in [6.07, 6.45) is 3.11. The van der Waals surface area contributed by atoms with Gasteiger partial charge >= 0.3 is 0 Å². The highest BCUT2D eigenvalue weighted by Crippen LogP contribution is 2.27. The molecule has 0 aliphatic carbocycles. The van der Waals surface area contributed by atoms with Crippen molar-refractivity contribution in [1.82, 2.24) is 14.7 Å². The molecule has 1 aromatic heterocycles. The Morgan fingerprint density at radius 3 is 2.64 bits per heavy atom. The lowest BCUT2D eigenvalue weighted by Gasteiger charge is -2.33. The van der Waals surface area contributed by atoms with Gasteiger partial charge in [-0.1, -0.05) is 68.4 Å². The standard InChI is InChI=1S/C30H34N4O2/c1-22(2)17-26-21-36-29-14-8-5-10-24(29)18-31-27-12-6-3-11-25(27)20-33(26)30(35)15-16-34-28-13-7-4-9-23(28)19-32-34/h3-14,19,22,26,31H,15-18,20-21H2,1-2H3/t26-/m0/s1. The normalized spacial score (nSPS) is 16.0. The first-order valence-corrected chi connectivity index (χ1v) is 12.8. The van der Waals surface area contributed by atoms with E-state index in [-0.39, 0.29) is 11.9 Å². The first kappa shape index (κ1) is 23.9. The molecule has 5 rings (SSSR count). The lowest BCUT2D eigenvalue weighted by Crippen LogP contribution is -2.44. The monoisotopic (exact) mass is 482 g/mol. The number of anilines is 1. The summed E-state index contributed by atoms with van der Waals surface area (Å²) >= 11 is 0. The molecule has 0 saturated carbocycles. The number of para-hydroxylation sites is 3. The molecule has 2 heterocycles. The Balaban J connectivity index is 1.45. The molecule has 6 nitrogen and oxygen atoms in total. The van der Waals surface area contributed by atoms with Gasteiger partial charge < -0.3 is 15.0 Å². The number of amides is 1. The van der Waals surface area contributed by atoms with Crippen LogP contribution >= 0.6 is 0 Å². The van der Waals surface area contributed by atoms with Gasteiger partial charge in [-0.05, 0) is 36.1 Å². The minimum atomic E-state index is -0.0360. The SMILES string of the molecule is CC(C)C[C@H]1COc2ccccc2CNc2ccccc2CN1C(=O)CCn1ncc2ccccc21. The zero-order chi connectivity index (χ0) is 24.9. The lowest BCUT2D eigenvalue weighted by molar-refractivity contribution is -0.135. The van der Waals surface area contributed by atoms with E-state index in [4.69, 9.17) is 4.74 Å². The third-order valence-electron chi connectivity index (χ3n) is 6.82. The second-order valence-electron chi connectivity index (χ2n) is 9.91. The average Bonchev–Trinajstić information content (AvgIpc) is 3.30. The zero-order valence-corrected chi connectivity index (χ0v) is 21.1. The Morgan fingerprint density at radius 2 is 1.78 bits per heavy atom. The second kappa shape index (κ2) is 10.9. The van der Waals surface area contributed by atoms with Crippen molar-refractivity contribution in [1.29, 1.82) is 0 Å². The van der Waals surface area contributed by atoms with Gasteiger partial charge in [-0.15, -0.1) is 0 Å². The molecule has 0 fully saturated rings. The summed E-state index contributed by atoms with van der Waals surface area (Å²) in [6, 6.07) is 24.5. The molecule has 0 radical (unpaired) electrons. The van der Waals surface area contributed by atoms with Gasteiger partial charge in [-0.2, -0.15) is 5.10 Å². The fourth-order valence-electron chi connectivity index (χ4n) is 4.98. The quantitative estimate of drug-likeness (QED) is 0.386. The van der Waals surface area contributed by atoms with E-state index < -0.39 is 0 Å². The number of aryl methyl sites for hydroxylation is 1. The molecule has 1 amide bonds. The Kier molecular flexibility index (Phi) is 7.21. The summed E-state index contributed by atoms with van der Waals surface area (Å²) in [5.41, 5.74) is 4.33. The van der Waals surface area contributed by atoms with Crippen LogP contribution in [0.25, 0.3) is 10.9 Å². The molecule has 186 valence electrons. The molecule has 4 aromatic rings. The molecule has 1 aliphatic heterocycles. The van der Waals surface area contributed by atoms with E-state index in [9.17, 15) is 4.79 Å². The largest absolute Gasteiger partial charge is 0.491 e. The van der Waals surface area contributed by atoms with E-state index in [1.54, 1.807) is 0 Å².